The molecule has 120 valence electrons. The van der Waals surface area contributed by atoms with E-state index in [9.17, 15) is 0 Å². The first kappa shape index (κ1) is 14.5. The molecule has 2 heterocycles. The lowest BCUT2D eigenvalue weighted by Crippen LogP contribution is -2.29. The van der Waals surface area contributed by atoms with Crippen LogP contribution in [0.15, 0.2) is 72.8 Å². The number of rotatable bonds is 1. The Labute approximate surface area is 150 Å². The molecular formula is C22H16ClN2+. The highest BCUT2D eigenvalue weighted by Gasteiger charge is 2.21. The van der Waals surface area contributed by atoms with Gasteiger partial charge in [0.2, 0.25) is 11.0 Å². The first-order valence-corrected chi connectivity index (χ1v) is 8.69. The third-order valence-electron chi connectivity index (χ3n) is 4.94. The van der Waals surface area contributed by atoms with Gasteiger partial charge < -0.3 is 4.98 Å². The van der Waals surface area contributed by atoms with Gasteiger partial charge in [-0.15, -0.1) is 0 Å². The topological polar surface area (TPSA) is 19.7 Å². The summed E-state index contributed by atoms with van der Waals surface area (Å²) >= 11 is 6.73. The summed E-state index contributed by atoms with van der Waals surface area (Å²) in [4.78, 5) is 3.51. The highest BCUT2D eigenvalue weighted by atomic mass is 35.5. The standard InChI is InChI=1S/C22H15ClN2/c1-25-19-10-6-5-9-16(19)20(23)21-22(25)17-13-15(11-12-18(17)24-21)14-7-3-2-4-8-14/h2-13H,1H3/p+1. The van der Waals surface area contributed by atoms with Crippen LogP contribution in [0, 0.1) is 0 Å². The molecule has 0 unspecified atom stereocenters. The average Bonchev–Trinajstić information content (AvgIpc) is 3.06. The molecular weight excluding hydrogens is 328 g/mol. The Morgan fingerprint density at radius 2 is 1.56 bits per heavy atom. The van der Waals surface area contributed by atoms with Gasteiger partial charge in [-0.25, -0.2) is 0 Å². The van der Waals surface area contributed by atoms with Crippen LogP contribution >= 0.6 is 11.6 Å². The maximum absolute atomic E-state index is 6.73. The molecule has 0 aliphatic carbocycles. The zero-order chi connectivity index (χ0) is 17.0. The van der Waals surface area contributed by atoms with Crippen LogP contribution in [0.5, 0.6) is 0 Å². The summed E-state index contributed by atoms with van der Waals surface area (Å²) in [5.74, 6) is 0. The minimum Gasteiger partial charge on any atom is -0.348 e. The van der Waals surface area contributed by atoms with E-state index in [1.54, 1.807) is 0 Å². The molecule has 0 spiro atoms. The van der Waals surface area contributed by atoms with Gasteiger partial charge >= 0.3 is 0 Å². The smallest absolute Gasteiger partial charge is 0.240 e. The number of nitrogens with zero attached hydrogens (tertiary/aromatic N) is 1. The molecule has 5 rings (SSSR count). The van der Waals surface area contributed by atoms with Gasteiger partial charge in [-0.2, -0.15) is 4.57 Å². The second-order valence-electron chi connectivity index (χ2n) is 6.37. The second-order valence-corrected chi connectivity index (χ2v) is 6.74. The van der Waals surface area contributed by atoms with Crippen LogP contribution in [-0.4, -0.2) is 4.98 Å². The molecule has 2 aromatic heterocycles. The number of para-hydroxylation sites is 1. The average molecular weight is 344 g/mol. The first-order valence-electron chi connectivity index (χ1n) is 8.31. The molecule has 1 N–H and O–H groups in total. The molecule has 0 aliphatic heterocycles. The van der Waals surface area contributed by atoms with Crippen molar-refractivity contribution in [1.82, 2.24) is 4.98 Å². The van der Waals surface area contributed by atoms with E-state index in [0.717, 1.165) is 32.5 Å². The van der Waals surface area contributed by atoms with Crippen molar-refractivity contribution in [2.24, 2.45) is 7.05 Å². The van der Waals surface area contributed by atoms with Crippen molar-refractivity contribution in [3.05, 3.63) is 77.8 Å². The van der Waals surface area contributed by atoms with Gasteiger partial charge in [-0.1, -0.05) is 60.1 Å². The first-order chi connectivity index (χ1) is 12.2. The maximum atomic E-state index is 6.73. The number of aromatic amines is 1. The number of H-pyrrole nitrogens is 1. The third kappa shape index (κ3) is 2.08. The van der Waals surface area contributed by atoms with Crippen LogP contribution in [0.25, 0.3) is 44.0 Å². The van der Waals surface area contributed by atoms with Crippen molar-refractivity contribution in [2.45, 2.75) is 0 Å². The second kappa shape index (κ2) is 5.33. The summed E-state index contributed by atoms with van der Waals surface area (Å²) in [7, 11) is 2.10. The van der Waals surface area contributed by atoms with E-state index >= 15 is 0 Å². The zero-order valence-electron chi connectivity index (χ0n) is 13.8. The number of hydrogen-bond acceptors (Lipinski definition) is 0. The molecule has 0 saturated carbocycles. The molecule has 0 radical (unpaired) electrons. The van der Waals surface area contributed by atoms with E-state index in [0.29, 0.717) is 0 Å². The lowest BCUT2D eigenvalue weighted by atomic mass is 10.0. The molecule has 3 heteroatoms. The van der Waals surface area contributed by atoms with Crippen LogP contribution in [-0.2, 0) is 7.05 Å². The van der Waals surface area contributed by atoms with Crippen molar-refractivity contribution < 1.29 is 4.57 Å². The van der Waals surface area contributed by atoms with Crippen molar-refractivity contribution >= 4 is 44.4 Å². The quantitative estimate of drug-likeness (QED) is 0.381. The molecule has 0 atom stereocenters. The normalized spacial score (nSPS) is 11.6. The minimum absolute atomic E-state index is 0.779. The van der Waals surface area contributed by atoms with Crippen molar-refractivity contribution in [2.75, 3.05) is 0 Å². The molecule has 0 bridgehead atoms. The van der Waals surface area contributed by atoms with Gasteiger partial charge in [0, 0.05) is 6.07 Å². The molecule has 0 aliphatic rings. The highest BCUT2D eigenvalue weighted by molar-refractivity contribution is 6.40. The third-order valence-corrected chi connectivity index (χ3v) is 5.33. The van der Waals surface area contributed by atoms with E-state index in [2.05, 4.69) is 77.3 Å². The maximum Gasteiger partial charge on any atom is 0.240 e. The number of hydrogen-bond donors (Lipinski definition) is 1. The summed E-state index contributed by atoms with van der Waals surface area (Å²) < 4.78 is 2.23. The number of nitrogens with one attached hydrogen (secondary N) is 1. The van der Waals surface area contributed by atoms with E-state index in [-0.39, 0.29) is 0 Å². The summed E-state index contributed by atoms with van der Waals surface area (Å²) in [5, 5.41) is 3.03. The SMILES string of the molecule is C[n+]1c2ccccc2c(Cl)c2[nH]c3ccc(-c4ccccc4)cc3c21. The Kier molecular flexibility index (Phi) is 3.09. The Balaban J connectivity index is 1.92. The summed E-state index contributed by atoms with van der Waals surface area (Å²) in [6, 6.07) is 25.2. The Hall–Kier alpha value is -2.84. The van der Waals surface area contributed by atoms with E-state index in [1.165, 1.54) is 16.5 Å². The monoisotopic (exact) mass is 343 g/mol. The summed E-state index contributed by atoms with van der Waals surface area (Å²) in [5.41, 5.74) is 6.78. The van der Waals surface area contributed by atoms with Crippen molar-refractivity contribution in [1.29, 1.82) is 0 Å². The van der Waals surface area contributed by atoms with E-state index in [1.807, 2.05) is 12.1 Å². The number of aryl methyl sites for hydroxylation is 1. The van der Waals surface area contributed by atoms with Gasteiger partial charge in [0.05, 0.1) is 21.3 Å². The number of pyridine rings is 1. The Morgan fingerprint density at radius 1 is 0.800 bits per heavy atom. The fourth-order valence-electron chi connectivity index (χ4n) is 3.70. The lowest BCUT2D eigenvalue weighted by molar-refractivity contribution is -0.616. The highest BCUT2D eigenvalue weighted by Crippen LogP contribution is 2.34. The molecule has 5 aromatic rings. The molecule has 0 amide bonds. The Bertz CT molecular complexity index is 1250. The van der Waals surface area contributed by atoms with E-state index in [4.69, 9.17) is 11.6 Å². The number of fused-ring (bicyclic) bond motifs is 4. The van der Waals surface area contributed by atoms with Crippen LogP contribution in [0.1, 0.15) is 0 Å². The fourth-order valence-corrected chi connectivity index (χ4v) is 4.00. The molecule has 3 aromatic carbocycles. The molecule has 25 heavy (non-hydrogen) atoms. The number of benzene rings is 3. The summed E-state index contributed by atoms with van der Waals surface area (Å²) in [6.45, 7) is 0. The van der Waals surface area contributed by atoms with Gasteiger partial charge in [0.25, 0.3) is 0 Å². The van der Waals surface area contributed by atoms with Crippen molar-refractivity contribution in [3.63, 3.8) is 0 Å². The van der Waals surface area contributed by atoms with Crippen LogP contribution in [0.2, 0.25) is 5.02 Å². The van der Waals surface area contributed by atoms with Gasteiger partial charge in [0.15, 0.2) is 0 Å². The summed E-state index contributed by atoms with van der Waals surface area (Å²) in [6.07, 6.45) is 0. The van der Waals surface area contributed by atoms with Gasteiger partial charge in [-0.05, 0) is 29.3 Å². The van der Waals surface area contributed by atoms with Crippen LogP contribution < -0.4 is 4.57 Å². The zero-order valence-corrected chi connectivity index (χ0v) is 14.5. The predicted molar refractivity (Wildman–Crippen MR) is 105 cm³/mol. The van der Waals surface area contributed by atoms with Crippen LogP contribution in [0.3, 0.4) is 0 Å². The Morgan fingerprint density at radius 3 is 2.40 bits per heavy atom. The fraction of sp³-hybridized carbons (Fsp3) is 0.0455. The van der Waals surface area contributed by atoms with Crippen LogP contribution in [0.4, 0.5) is 0 Å². The van der Waals surface area contributed by atoms with Gasteiger partial charge in [0.1, 0.15) is 12.6 Å². The van der Waals surface area contributed by atoms with E-state index < -0.39 is 0 Å². The molecule has 0 fully saturated rings. The number of halogens is 1. The largest absolute Gasteiger partial charge is 0.348 e. The van der Waals surface area contributed by atoms with Crippen molar-refractivity contribution in [3.8, 4) is 11.1 Å². The number of aromatic nitrogens is 2. The molecule has 2 nitrogen and oxygen atoms in total. The minimum atomic E-state index is 0.779. The predicted octanol–water partition coefficient (Wildman–Crippen LogP) is 5.62. The molecule has 0 saturated heterocycles. The lowest BCUT2D eigenvalue weighted by Gasteiger charge is -2.03. The van der Waals surface area contributed by atoms with Gasteiger partial charge in [-0.3, -0.25) is 0 Å².